The first kappa shape index (κ1) is 20.6. The van der Waals surface area contributed by atoms with Crippen LogP contribution in [0.2, 0.25) is 0 Å². The summed E-state index contributed by atoms with van der Waals surface area (Å²) in [5.41, 5.74) is -3.48. The summed E-state index contributed by atoms with van der Waals surface area (Å²) < 4.78 is 67.6. The lowest BCUT2D eigenvalue weighted by molar-refractivity contribution is -0.0435. The average molecular weight is 414 g/mol. The van der Waals surface area contributed by atoms with Crippen molar-refractivity contribution in [1.82, 2.24) is 4.90 Å². The number of rotatable bonds is 6. The number of benzene rings is 2. The van der Waals surface area contributed by atoms with Gasteiger partial charge in [-0.25, -0.2) is 8.42 Å². The molecule has 0 unspecified atom stereocenters. The Morgan fingerprint density at radius 2 is 1.68 bits per heavy atom. The molecule has 1 aliphatic heterocycles. The second kappa shape index (κ2) is 8.50. The van der Waals surface area contributed by atoms with E-state index in [0.717, 1.165) is 36.8 Å². The van der Waals surface area contributed by atoms with Gasteiger partial charge in [0.15, 0.2) is 0 Å². The van der Waals surface area contributed by atoms with E-state index in [9.17, 15) is 21.6 Å². The monoisotopic (exact) mass is 414 g/mol. The van der Waals surface area contributed by atoms with Crippen LogP contribution in [-0.2, 0) is 27.7 Å². The third kappa shape index (κ3) is 4.84. The molecule has 1 fully saturated rings. The number of hydrogen-bond donors (Lipinski definition) is 1. The number of anilines is 1. The molecule has 0 aromatic heterocycles. The molecule has 1 N–H and O–H groups in total. The molecule has 0 spiro atoms. The first-order chi connectivity index (χ1) is 13.3. The molecule has 152 valence electrons. The Balaban J connectivity index is 1.72. The minimum Gasteiger partial charge on any atom is -0.380 e. The average Bonchev–Trinajstić information content (AvgIpc) is 2.67. The first-order valence-electron chi connectivity index (χ1n) is 8.79. The summed E-state index contributed by atoms with van der Waals surface area (Å²) in [6, 6.07) is 12.7. The first-order valence-corrected chi connectivity index (χ1v) is 10.3. The standard InChI is InChI=1S/C19H21F3N2O3S/c20-19(21,22)28(25,26)18-7-2-1-6-17(18)23-13-15-4-3-5-16(12-15)14-24-8-10-27-11-9-24/h1-7,12,23H,8-11,13-14H2. The summed E-state index contributed by atoms with van der Waals surface area (Å²) in [5.74, 6) is 0. The third-order valence-corrected chi connectivity index (χ3v) is 6.01. The zero-order chi connectivity index (χ0) is 20.2. The van der Waals surface area contributed by atoms with Gasteiger partial charge in [0.05, 0.1) is 23.8 Å². The van der Waals surface area contributed by atoms with Crippen LogP contribution in [0, 0.1) is 0 Å². The Bertz CT molecular complexity index is 911. The van der Waals surface area contributed by atoms with Gasteiger partial charge in [-0.1, -0.05) is 36.4 Å². The van der Waals surface area contributed by atoms with Crippen LogP contribution >= 0.6 is 0 Å². The molecule has 0 atom stereocenters. The number of morpholine rings is 1. The molecule has 3 rings (SSSR count). The van der Waals surface area contributed by atoms with Gasteiger partial charge >= 0.3 is 5.51 Å². The Hall–Kier alpha value is -2.10. The zero-order valence-electron chi connectivity index (χ0n) is 15.1. The number of sulfone groups is 1. The van der Waals surface area contributed by atoms with Gasteiger partial charge in [0, 0.05) is 26.2 Å². The van der Waals surface area contributed by atoms with Gasteiger partial charge in [0.2, 0.25) is 0 Å². The second-order valence-corrected chi connectivity index (χ2v) is 8.42. The Morgan fingerprint density at radius 3 is 2.39 bits per heavy atom. The van der Waals surface area contributed by atoms with E-state index in [1.54, 1.807) is 0 Å². The second-order valence-electron chi connectivity index (χ2n) is 6.51. The highest BCUT2D eigenvalue weighted by atomic mass is 32.2. The molecule has 9 heteroatoms. The van der Waals surface area contributed by atoms with Crippen molar-refractivity contribution in [3.8, 4) is 0 Å². The molecule has 0 radical (unpaired) electrons. The fourth-order valence-electron chi connectivity index (χ4n) is 3.02. The van der Waals surface area contributed by atoms with Crippen LogP contribution in [0.3, 0.4) is 0 Å². The summed E-state index contributed by atoms with van der Waals surface area (Å²) in [4.78, 5) is 1.49. The molecule has 0 saturated carbocycles. The Labute approximate surface area is 162 Å². The fourth-order valence-corrected chi connectivity index (χ4v) is 3.96. The maximum absolute atomic E-state index is 12.9. The highest BCUT2D eigenvalue weighted by Crippen LogP contribution is 2.34. The van der Waals surface area contributed by atoms with Crippen LogP contribution in [0.15, 0.2) is 53.4 Å². The molecule has 2 aromatic carbocycles. The number of nitrogens with zero attached hydrogens (tertiary/aromatic N) is 1. The summed E-state index contributed by atoms with van der Waals surface area (Å²) in [6.07, 6.45) is 0. The largest absolute Gasteiger partial charge is 0.501 e. The van der Waals surface area contributed by atoms with Crippen molar-refractivity contribution >= 4 is 15.5 Å². The van der Waals surface area contributed by atoms with E-state index in [-0.39, 0.29) is 12.2 Å². The predicted molar refractivity (Wildman–Crippen MR) is 99.5 cm³/mol. The lowest BCUT2D eigenvalue weighted by Gasteiger charge is -2.26. The number of hydrogen-bond acceptors (Lipinski definition) is 5. The minimum absolute atomic E-state index is 0.0709. The third-order valence-electron chi connectivity index (χ3n) is 4.47. The summed E-state index contributed by atoms with van der Waals surface area (Å²) in [7, 11) is -5.42. The van der Waals surface area contributed by atoms with Gasteiger partial charge in [0.25, 0.3) is 9.84 Å². The molecule has 1 aliphatic rings. The SMILES string of the molecule is O=S(=O)(c1ccccc1NCc1cccc(CN2CCOCC2)c1)C(F)(F)F. The topological polar surface area (TPSA) is 58.6 Å². The molecular formula is C19H21F3N2O3S. The Morgan fingerprint density at radius 1 is 1.00 bits per heavy atom. The van der Waals surface area contributed by atoms with Crippen LogP contribution < -0.4 is 5.32 Å². The lowest BCUT2D eigenvalue weighted by Crippen LogP contribution is -2.35. The van der Waals surface area contributed by atoms with Crippen LogP contribution in [0.5, 0.6) is 0 Å². The summed E-state index contributed by atoms with van der Waals surface area (Å²) in [6.45, 7) is 4.07. The van der Waals surface area contributed by atoms with E-state index in [1.807, 2.05) is 24.3 Å². The smallest absolute Gasteiger partial charge is 0.380 e. The lowest BCUT2D eigenvalue weighted by atomic mass is 10.1. The fraction of sp³-hybridized carbons (Fsp3) is 0.368. The molecule has 0 aliphatic carbocycles. The van der Waals surface area contributed by atoms with Gasteiger partial charge in [0.1, 0.15) is 0 Å². The van der Waals surface area contributed by atoms with Crippen LogP contribution in [0.25, 0.3) is 0 Å². The molecule has 0 amide bonds. The number of ether oxygens (including phenoxy) is 1. The predicted octanol–water partition coefficient (Wildman–Crippen LogP) is 3.42. The van der Waals surface area contributed by atoms with Crippen LogP contribution in [0.4, 0.5) is 18.9 Å². The van der Waals surface area contributed by atoms with Gasteiger partial charge in [-0.2, -0.15) is 13.2 Å². The molecule has 5 nitrogen and oxygen atoms in total. The highest BCUT2D eigenvalue weighted by molar-refractivity contribution is 7.92. The Kier molecular flexibility index (Phi) is 6.26. The molecule has 2 aromatic rings. The summed E-state index contributed by atoms with van der Waals surface area (Å²) >= 11 is 0. The van der Waals surface area contributed by atoms with E-state index < -0.39 is 20.2 Å². The van der Waals surface area contributed by atoms with E-state index >= 15 is 0 Å². The normalized spacial score (nSPS) is 16.1. The quantitative estimate of drug-likeness (QED) is 0.785. The number of para-hydroxylation sites is 1. The zero-order valence-corrected chi connectivity index (χ0v) is 15.9. The van der Waals surface area contributed by atoms with Gasteiger partial charge < -0.3 is 10.1 Å². The van der Waals surface area contributed by atoms with Crippen molar-refractivity contribution in [2.24, 2.45) is 0 Å². The van der Waals surface area contributed by atoms with Crippen molar-refractivity contribution < 1.29 is 26.3 Å². The van der Waals surface area contributed by atoms with Crippen molar-refractivity contribution in [1.29, 1.82) is 0 Å². The van der Waals surface area contributed by atoms with E-state index in [2.05, 4.69) is 10.2 Å². The molecule has 1 saturated heterocycles. The minimum atomic E-state index is -5.42. The molecule has 28 heavy (non-hydrogen) atoms. The van der Waals surface area contributed by atoms with E-state index in [4.69, 9.17) is 4.74 Å². The van der Waals surface area contributed by atoms with Crippen molar-refractivity contribution in [3.63, 3.8) is 0 Å². The summed E-state index contributed by atoms with van der Waals surface area (Å²) in [5, 5.41) is 2.83. The van der Waals surface area contributed by atoms with Gasteiger partial charge in [-0.05, 0) is 23.3 Å². The van der Waals surface area contributed by atoms with Gasteiger partial charge in [-0.15, -0.1) is 0 Å². The number of nitrogens with one attached hydrogen (secondary N) is 1. The van der Waals surface area contributed by atoms with Crippen LogP contribution in [-0.4, -0.2) is 45.1 Å². The molecular weight excluding hydrogens is 393 g/mol. The maximum atomic E-state index is 12.9. The van der Waals surface area contributed by atoms with Crippen LogP contribution in [0.1, 0.15) is 11.1 Å². The van der Waals surface area contributed by atoms with Crippen molar-refractivity contribution in [2.45, 2.75) is 23.5 Å². The number of halogens is 3. The van der Waals surface area contributed by atoms with Crippen molar-refractivity contribution in [3.05, 3.63) is 59.7 Å². The van der Waals surface area contributed by atoms with E-state index in [0.29, 0.717) is 13.2 Å². The van der Waals surface area contributed by atoms with Gasteiger partial charge in [-0.3, -0.25) is 4.90 Å². The molecule has 1 heterocycles. The molecule has 0 bridgehead atoms. The maximum Gasteiger partial charge on any atom is 0.501 e. The number of alkyl halides is 3. The van der Waals surface area contributed by atoms with E-state index in [1.165, 1.54) is 18.2 Å². The highest BCUT2D eigenvalue weighted by Gasteiger charge is 2.47. The van der Waals surface area contributed by atoms with Crippen molar-refractivity contribution in [2.75, 3.05) is 31.6 Å².